The highest BCUT2D eigenvalue weighted by molar-refractivity contribution is 5.79. The van der Waals surface area contributed by atoms with Gasteiger partial charge in [-0.2, -0.15) is 0 Å². The van der Waals surface area contributed by atoms with E-state index >= 15 is 0 Å². The molecular weight excluding hydrogens is 544 g/mol. The molecule has 0 atom stereocenters. The highest BCUT2D eigenvalue weighted by Gasteiger charge is 2.13. The van der Waals surface area contributed by atoms with Crippen molar-refractivity contribution in [3.63, 3.8) is 0 Å². The number of furan rings is 1. The predicted octanol–water partition coefficient (Wildman–Crippen LogP) is 11.2. The molecule has 0 saturated heterocycles. The Morgan fingerprint density at radius 3 is 1.82 bits per heavy atom. The molecule has 0 N–H and O–H groups in total. The van der Waals surface area contributed by atoms with Crippen LogP contribution < -0.4 is 9.47 Å². The van der Waals surface area contributed by atoms with Gasteiger partial charge in [0.1, 0.15) is 17.1 Å². The second kappa shape index (κ2) is 17.9. The van der Waals surface area contributed by atoms with Crippen LogP contribution in [0.25, 0.3) is 11.0 Å². The van der Waals surface area contributed by atoms with Gasteiger partial charge in [-0.15, -0.1) is 0 Å². The molecule has 4 nitrogen and oxygen atoms in total. The molecule has 4 heteroatoms. The topological polar surface area (TPSA) is 40.8 Å². The number of hydrogen-bond donors (Lipinski definition) is 0. The first-order valence-electron chi connectivity index (χ1n) is 14.0. The van der Waals surface area contributed by atoms with E-state index in [1.54, 1.807) is 6.26 Å². The van der Waals surface area contributed by atoms with Gasteiger partial charge in [0.15, 0.2) is 0 Å². The third-order valence-electron chi connectivity index (χ3n) is 7.58. The average Bonchev–Trinajstić information content (AvgIpc) is 3.77. The van der Waals surface area contributed by atoms with E-state index < -0.39 is 0 Å². The van der Waals surface area contributed by atoms with Crippen molar-refractivity contribution >= 4 is 11.0 Å². The molecule has 0 aliphatic carbocycles. The molecule has 238 valence electrons. The lowest BCUT2D eigenvalue weighted by Crippen LogP contribution is -1.87. The number of rotatable bonds is 0. The Morgan fingerprint density at radius 1 is 0.523 bits per heavy atom. The first kappa shape index (κ1) is 38.0. The van der Waals surface area contributed by atoms with Gasteiger partial charge in [-0.3, -0.25) is 0 Å². The summed E-state index contributed by atoms with van der Waals surface area (Å²) in [5.74, 6) is 2.20. The Bertz CT molecular complexity index is 1450. The summed E-state index contributed by atoms with van der Waals surface area (Å²) in [6, 6.07) is 27.0. The van der Waals surface area contributed by atoms with Crippen molar-refractivity contribution in [2.24, 2.45) is 0 Å². The van der Waals surface area contributed by atoms with E-state index in [0.717, 1.165) is 56.4 Å². The summed E-state index contributed by atoms with van der Waals surface area (Å²) in [7, 11) is 0. The van der Waals surface area contributed by atoms with Gasteiger partial charge in [-0.1, -0.05) is 96.4 Å². The van der Waals surface area contributed by atoms with Gasteiger partial charge in [0.05, 0.1) is 32.7 Å². The highest BCUT2D eigenvalue weighted by Crippen LogP contribution is 2.28. The maximum absolute atomic E-state index is 5.43. The monoisotopic (exact) mass is 598 g/mol. The van der Waals surface area contributed by atoms with Crippen LogP contribution in [0, 0.1) is 27.7 Å². The number of ether oxygens (including phenoxy) is 3. The maximum Gasteiger partial charge on any atom is 0.136 e. The second-order valence-electron chi connectivity index (χ2n) is 10.4. The van der Waals surface area contributed by atoms with Crippen molar-refractivity contribution in [1.82, 2.24) is 0 Å². The van der Waals surface area contributed by atoms with Crippen molar-refractivity contribution in [2.75, 3.05) is 13.2 Å². The molecule has 8 rings (SSSR count). The summed E-state index contributed by atoms with van der Waals surface area (Å²) in [5, 5.41) is 1.18. The minimum atomic E-state index is 0. The fraction of sp³-hybridized carbons (Fsp3) is 0.350. The Labute approximate surface area is 267 Å². The molecule has 1 aromatic heterocycles. The molecule has 4 aromatic carbocycles. The van der Waals surface area contributed by atoms with Crippen LogP contribution in [0.4, 0.5) is 0 Å². The van der Waals surface area contributed by atoms with E-state index in [9.17, 15) is 0 Å². The molecule has 0 radical (unpaired) electrons. The van der Waals surface area contributed by atoms with Gasteiger partial charge in [-0.05, 0) is 78.8 Å². The molecule has 3 aliphatic rings. The smallest absolute Gasteiger partial charge is 0.136 e. The van der Waals surface area contributed by atoms with Crippen molar-refractivity contribution in [2.45, 2.75) is 83.5 Å². The molecule has 0 saturated carbocycles. The summed E-state index contributed by atoms with van der Waals surface area (Å²) >= 11 is 0. The zero-order chi connectivity index (χ0) is 27.9. The van der Waals surface area contributed by atoms with Crippen molar-refractivity contribution in [3.05, 3.63) is 130 Å². The number of hydrogen-bond acceptors (Lipinski definition) is 4. The van der Waals surface area contributed by atoms with Crippen LogP contribution in [0.15, 0.2) is 89.5 Å². The Hall–Kier alpha value is -4.02. The fourth-order valence-electron chi connectivity index (χ4n) is 5.28. The molecule has 0 fully saturated rings. The fourth-order valence-corrected chi connectivity index (χ4v) is 5.28. The first-order chi connectivity index (χ1) is 19.5. The van der Waals surface area contributed by atoms with Gasteiger partial charge in [-0.25, -0.2) is 0 Å². The van der Waals surface area contributed by atoms with E-state index in [0.29, 0.717) is 0 Å². The molecule has 44 heavy (non-hydrogen) atoms. The van der Waals surface area contributed by atoms with E-state index in [1.807, 2.05) is 43.3 Å². The average molecular weight is 599 g/mol. The molecule has 5 aromatic rings. The summed E-state index contributed by atoms with van der Waals surface area (Å²) in [6.45, 7) is 11.7. The molecule has 0 unspecified atom stereocenters. The molecular formula is C40H54O4. The summed E-state index contributed by atoms with van der Waals surface area (Å²) in [4.78, 5) is 0. The molecule has 4 heterocycles. The van der Waals surface area contributed by atoms with Crippen LogP contribution in [0.2, 0.25) is 0 Å². The van der Waals surface area contributed by atoms with Crippen LogP contribution in [-0.2, 0) is 30.8 Å². The van der Waals surface area contributed by atoms with Crippen LogP contribution in [0.1, 0.15) is 74.2 Å². The SMILES string of the molecule is C.C.C.C.Cc1cccc2c1CCO2.Cc1cccc2c1COC2.Cc1cccc2c1OCC2.Cc1cccc2ccoc12. The van der Waals surface area contributed by atoms with Crippen molar-refractivity contribution in [3.8, 4) is 11.5 Å². The highest BCUT2D eigenvalue weighted by atomic mass is 16.5. The lowest BCUT2D eigenvalue weighted by atomic mass is 10.1. The van der Waals surface area contributed by atoms with Gasteiger partial charge in [0, 0.05) is 23.8 Å². The second-order valence-corrected chi connectivity index (χ2v) is 10.4. The van der Waals surface area contributed by atoms with E-state index in [1.165, 1.54) is 49.9 Å². The number of aryl methyl sites for hydroxylation is 4. The number of fused-ring (bicyclic) bond motifs is 4. The Kier molecular flexibility index (Phi) is 15.5. The van der Waals surface area contributed by atoms with Crippen LogP contribution in [0.5, 0.6) is 11.5 Å². The summed E-state index contributed by atoms with van der Waals surface area (Å²) in [6.07, 6.45) is 3.89. The lowest BCUT2D eigenvalue weighted by molar-refractivity contribution is 0.134. The van der Waals surface area contributed by atoms with Gasteiger partial charge < -0.3 is 18.6 Å². The number of benzene rings is 4. The molecule has 0 bridgehead atoms. The Morgan fingerprint density at radius 2 is 1.14 bits per heavy atom. The van der Waals surface area contributed by atoms with Gasteiger partial charge in [0.25, 0.3) is 0 Å². The van der Waals surface area contributed by atoms with Crippen molar-refractivity contribution in [1.29, 1.82) is 0 Å². The molecule has 3 aliphatic heterocycles. The zero-order valence-electron chi connectivity index (χ0n) is 24.0. The molecule has 0 spiro atoms. The lowest BCUT2D eigenvalue weighted by Gasteiger charge is -2.00. The third-order valence-corrected chi connectivity index (χ3v) is 7.58. The predicted molar refractivity (Wildman–Crippen MR) is 188 cm³/mol. The van der Waals surface area contributed by atoms with E-state index in [-0.39, 0.29) is 29.7 Å². The largest absolute Gasteiger partial charge is 0.493 e. The minimum Gasteiger partial charge on any atom is -0.493 e. The first-order valence-corrected chi connectivity index (χ1v) is 14.0. The van der Waals surface area contributed by atoms with Crippen LogP contribution in [-0.4, -0.2) is 13.2 Å². The van der Waals surface area contributed by atoms with Gasteiger partial charge in [0.2, 0.25) is 0 Å². The molecule has 0 amide bonds. The number of para-hydroxylation sites is 2. The summed E-state index contributed by atoms with van der Waals surface area (Å²) < 4.78 is 21.4. The minimum absolute atomic E-state index is 0. The third kappa shape index (κ3) is 9.00. The van der Waals surface area contributed by atoms with Crippen LogP contribution in [0.3, 0.4) is 0 Å². The van der Waals surface area contributed by atoms with E-state index in [4.69, 9.17) is 18.6 Å². The maximum atomic E-state index is 5.43. The van der Waals surface area contributed by atoms with E-state index in [2.05, 4.69) is 63.2 Å². The zero-order valence-corrected chi connectivity index (χ0v) is 24.0. The van der Waals surface area contributed by atoms with Gasteiger partial charge >= 0.3 is 0 Å². The van der Waals surface area contributed by atoms with Crippen molar-refractivity contribution < 1.29 is 18.6 Å². The normalized spacial score (nSPS) is 12.5. The summed E-state index contributed by atoms with van der Waals surface area (Å²) in [5.41, 5.74) is 11.7. The standard InChI is InChI=1S/3C9H10O.C9H8O.4CH4/c1-7-3-2-4-8-5-10-6-9(7)8;1-7-3-2-4-9-8(7)5-6-10-9;2*1-7-3-2-4-8-5-6-10-9(7)8;;;;/h3*2-4H,5-6H2,1H3;2-6H,1H3;4*1H4. The quantitative estimate of drug-likeness (QED) is 0.178. The Balaban J connectivity index is 0.000000285. The van der Waals surface area contributed by atoms with Crippen LogP contribution >= 0.6 is 0 Å².